The number of allylic oxidation sites excluding steroid dienone is 10. The van der Waals surface area contributed by atoms with Crippen molar-refractivity contribution in [3.8, 4) is 0 Å². The molecule has 1 unspecified atom stereocenters. The number of carbonyl (C=O) groups excluding carboxylic acids is 3. The van der Waals surface area contributed by atoms with Crippen LogP contribution in [0.3, 0.4) is 0 Å². The zero-order valence-electron chi connectivity index (χ0n) is 49.4. The van der Waals surface area contributed by atoms with E-state index in [0.29, 0.717) is 19.3 Å². The van der Waals surface area contributed by atoms with Crippen molar-refractivity contribution in [1.29, 1.82) is 0 Å². The van der Waals surface area contributed by atoms with Gasteiger partial charge in [-0.25, -0.2) is 0 Å². The van der Waals surface area contributed by atoms with Crippen LogP contribution in [0.4, 0.5) is 0 Å². The van der Waals surface area contributed by atoms with Crippen molar-refractivity contribution in [3.05, 3.63) is 60.8 Å². The average molecular weight is 1040 g/mol. The van der Waals surface area contributed by atoms with Crippen molar-refractivity contribution in [2.45, 2.75) is 341 Å². The molecule has 0 heterocycles. The number of hydrogen-bond acceptors (Lipinski definition) is 6. The summed E-state index contributed by atoms with van der Waals surface area (Å²) < 4.78 is 16.9. The second-order valence-electron chi connectivity index (χ2n) is 21.7. The van der Waals surface area contributed by atoms with Gasteiger partial charge in [0.15, 0.2) is 6.10 Å². The van der Waals surface area contributed by atoms with E-state index < -0.39 is 6.10 Å². The van der Waals surface area contributed by atoms with Crippen molar-refractivity contribution in [2.75, 3.05) is 13.2 Å². The Hall–Kier alpha value is -2.89. The van der Waals surface area contributed by atoms with Gasteiger partial charge < -0.3 is 14.2 Å². The van der Waals surface area contributed by atoms with Crippen LogP contribution in [0.15, 0.2) is 60.8 Å². The number of hydrogen-bond donors (Lipinski definition) is 0. The summed E-state index contributed by atoms with van der Waals surface area (Å²) in [6, 6.07) is 0. The molecular formula is C68H122O6. The quantitative estimate of drug-likeness (QED) is 0.0261. The fourth-order valence-electron chi connectivity index (χ4n) is 9.36. The molecule has 0 aromatic heterocycles. The third kappa shape index (κ3) is 60.0. The topological polar surface area (TPSA) is 78.9 Å². The summed E-state index contributed by atoms with van der Waals surface area (Å²) in [6.07, 6.45) is 79.4. The molecule has 0 aliphatic carbocycles. The molecule has 0 saturated heterocycles. The van der Waals surface area contributed by atoms with Crippen LogP contribution >= 0.6 is 0 Å². The Morgan fingerprint density at radius 3 is 0.784 bits per heavy atom. The standard InChI is InChI=1S/C68H122O6/c1-4-7-10-13-16-19-22-25-28-30-32-33-34-36-37-40-43-46-49-52-55-58-61-67(70)73-64-65(63-72-66(69)60-57-54-51-48-45-42-39-27-24-21-18-15-12-9-6-3)74-68(71)62-59-56-53-50-47-44-41-38-35-31-29-26-23-20-17-14-11-8-5-2/h17-18,20-21,26-27,29,35,38-39,65H,4-16,19,22-25,28,30-34,36-37,40-64H2,1-3H3/b20-17-,21-18-,29-26-,38-35-,39-27-. The highest BCUT2D eigenvalue weighted by atomic mass is 16.6. The molecule has 0 spiro atoms. The second-order valence-corrected chi connectivity index (χ2v) is 21.7. The zero-order chi connectivity index (χ0) is 53.6. The van der Waals surface area contributed by atoms with Gasteiger partial charge in [0.05, 0.1) is 0 Å². The molecule has 6 heteroatoms. The molecule has 74 heavy (non-hydrogen) atoms. The number of carbonyl (C=O) groups is 3. The molecule has 0 aromatic rings. The third-order valence-corrected chi connectivity index (χ3v) is 14.2. The van der Waals surface area contributed by atoms with Gasteiger partial charge in [-0.3, -0.25) is 14.4 Å². The van der Waals surface area contributed by atoms with Gasteiger partial charge in [-0.2, -0.15) is 0 Å². The number of unbranched alkanes of at least 4 members (excludes halogenated alkanes) is 38. The Morgan fingerprint density at radius 2 is 0.486 bits per heavy atom. The van der Waals surface area contributed by atoms with E-state index in [9.17, 15) is 14.4 Å². The summed E-state index contributed by atoms with van der Waals surface area (Å²) in [4.78, 5) is 38.3. The highest BCUT2D eigenvalue weighted by Gasteiger charge is 2.19. The Balaban J connectivity index is 4.35. The van der Waals surface area contributed by atoms with Gasteiger partial charge in [-0.1, -0.05) is 287 Å². The van der Waals surface area contributed by atoms with Crippen LogP contribution in [0.2, 0.25) is 0 Å². The van der Waals surface area contributed by atoms with Crippen LogP contribution in [-0.4, -0.2) is 37.2 Å². The first-order valence-corrected chi connectivity index (χ1v) is 32.3. The molecule has 0 aromatic carbocycles. The summed E-state index contributed by atoms with van der Waals surface area (Å²) >= 11 is 0. The van der Waals surface area contributed by atoms with Crippen LogP contribution in [0.5, 0.6) is 0 Å². The predicted octanol–water partition coefficient (Wildman–Crippen LogP) is 21.9. The summed E-state index contributed by atoms with van der Waals surface area (Å²) in [7, 11) is 0. The van der Waals surface area contributed by atoms with E-state index in [1.54, 1.807) is 0 Å². The lowest BCUT2D eigenvalue weighted by Gasteiger charge is -2.18. The minimum atomic E-state index is -0.787. The highest BCUT2D eigenvalue weighted by molar-refractivity contribution is 5.71. The lowest BCUT2D eigenvalue weighted by Crippen LogP contribution is -2.30. The number of ether oxygens (including phenoxy) is 3. The average Bonchev–Trinajstić information content (AvgIpc) is 3.40. The first-order chi connectivity index (χ1) is 36.5. The zero-order valence-corrected chi connectivity index (χ0v) is 49.4. The van der Waals surface area contributed by atoms with Crippen molar-refractivity contribution < 1.29 is 28.6 Å². The lowest BCUT2D eigenvalue weighted by atomic mass is 10.0. The van der Waals surface area contributed by atoms with E-state index in [-0.39, 0.29) is 31.1 Å². The molecule has 0 aliphatic heterocycles. The maximum atomic E-state index is 12.9. The molecule has 0 radical (unpaired) electrons. The monoisotopic (exact) mass is 1030 g/mol. The molecule has 0 bridgehead atoms. The van der Waals surface area contributed by atoms with Crippen molar-refractivity contribution >= 4 is 17.9 Å². The van der Waals surface area contributed by atoms with E-state index in [1.165, 1.54) is 193 Å². The summed E-state index contributed by atoms with van der Waals surface area (Å²) in [6.45, 7) is 6.61. The van der Waals surface area contributed by atoms with Crippen LogP contribution < -0.4 is 0 Å². The fourth-order valence-corrected chi connectivity index (χ4v) is 9.36. The van der Waals surface area contributed by atoms with E-state index in [2.05, 4.69) is 81.5 Å². The van der Waals surface area contributed by atoms with Crippen molar-refractivity contribution in [1.82, 2.24) is 0 Å². The highest BCUT2D eigenvalue weighted by Crippen LogP contribution is 2.17. The van der Waals surface area contributed by atoms with Gasteiger partial charge in [0.2, 0.25) is 0 Å². The summed E-state index contributed by atoms with van der Waals surface area (Å²) in [5.41, 5.74) is 0. The van der Waals surface area contributed by atoms with Crippen LogP contribution in [0.25, 0.3) is 0 Å². The Bertz CT molecular complexity index is 1330. The number of esters is 3. The Morgan fingerprint density at radius 1 is 0.270 bits per heavy atom. The van der Waals surface area contributed by atoms with Gasteiger partial charge in [-0.15, -0.1) is 0 Å². The Labute approximate surface area is 460 Å². The SMILES string of the molecule is CCCCC/C=C\C/C=C\C/C=C\CCCCCCCCC(=O)OC(COC(=O)CCCCCCC/C=C\C/C=C\CCCCC)COC(=O)CCCCCCCCCCCCCCCCCCCCCCCC. The van der Waals surface area contributed by atoms with Gasteiger partial charge in [0.1, 0.15) is 13.2 Å². The maximum absolute atomic E-state index is 12.9. The first-order valence-electron chi connectivity index (χ1n) is 32.3. The van der Waals surface area contributed by atoms with Crippen LogP contribution in [0, 0.1) is 0 Å². The molecule has 0 aliphatic rings. The summed E-state index contributed by atoms with van der Waals surface area (Å²) in [5, 5.41) is 0. The van der Waals surface area contributed by atoms with E-state index in [4.69, 9.17) is 14.2 Å². The van der Waals surface area contributed by atoms with E-state index in [1.807, 2.05) is 0 Å². The molecule has 1 atom stereocenters. The molecule has 0 N–H and O–H groups in total. The number of rotatable bonds is 59. The lowest BCUT2D eigenvalue weighted by molar-refractivity contribution is -0.167. The Kier molecular flexibility index (Phi) is 60.2. The smallest absolute Gasteiger partial charge is 0.306 e. The normalized spacial score (nSPS) is 12.4. The largest absolute Gasteiger partial charge is 0.462 e. The third-order valence-electron chi connectivity index (χ3n) is 14.2. The maximum Gasteiger partial charge on any atom is 0.306 e. The van der Waals surface area contributed by atoms with Gasteiger partial charge in [-0.05, 0) is 89.9 Å². The van der Waals surface area contributed by atoms with Gasteiger partial charge >= 0.3 is 17.9 Å². The molecular weight excluding hydrogens is 913 g/mol. The minimum absolute atomic E-state index is 0.0812. The van der Waals surface area contributed by atoms with E-state index in [0.717, 1.165) is 103 Å². The predicted molar refractivity (Wildman–Crippen MR) is 321 cm³/mol. The molecule has 6 nitrogen and oxygen atoms in total. The first kappa shape index (κ1) is 71.1. The molecule has 0 rings (SSSR count). The minimum Gasteiger partial charge on any atom is -0.462 e. The molecule has 430 valence electrons. The second kappa shape index (κ2) is 62.6. The fraction of sp³-hybridized carbons (Fsp3) is 0.809. The molecule has 0 fully saturated rings. The molecule has 0 amide bonds. The van der Waals surface area contributed by atoms with Crippen molar-refractivity contribution in [2.24, 2.45) is 0 Å². The molecule has 0 saturated carbocycles. The van der Waals surface area contributed by atoms with Crippen LogP contribution in [-0.2, 0) is 28.6 Å². The van der Waals surface area contributed by atoms with Gasteiger partial charge in [0.25, 0.3) is 0 Å². The van der Waals surface area contributed by atoms with Gasteiger partial charge in [0, 0.05) is 19.3 Å². The van der Waals surface area contributed by atoms with Crippen molar-refractivity contribution in [3.63, 3.8) is 0 Å². The van der Waals surface area contributed by atoms with Crippen LogP contribution in [0.1, 0.15) is 335 Å². The summed E-state index contributed by atoms with van der Waals surface area (Å²) in [5.74, 6) is -0.890. The van der Waals surface area contributed by atoms with E-state index >= 15 is 0 Å².